The van der Waals surface area contributed by atoms with Gasteiger partial charge in [-0.3, -0.25) is 9.10 Å². The number of aryl methyl sites for hydroxylation is 1. The molecule has 0 aromatic heterocycles. The van der Waals surface area contributed by atoms with Crippen LogP contribution in [0.3, 0.4) is 0 Å². The number of carbonyl (C=O) groups is 1. The molecule has 1 N–H and O–H groups in total. The first kappa shape index (κ1) is 23.0. The van der Waals surface area contributed by atoms with Crippen LogP contribution in [0.15, 0.2) is 47.4 Å². The van der Waals surface area contributed by atoms with Crippen LogP contribution in [0.1, 0.15) is 31.7 Å². The maximum absolute atomic E-state index is 13.3. The fourth-order valence-corrected chi connectivity index (χ4v) is 4.42. The molecule has 0 radical (unpaired) electrons. The zero-order valence-corrected chi connectivity index (χ0v) is 18.5. The number of methoxy groups -OCH3 is 1. The summed E-state index contributed by atoms with van der Waals surface area (Å²) in [5.41, 5.74) is 1.23. The van der Waals surface area contributed by atoms with Crippen LogP contribution in [-0.4, -0.2) is 34.5 Å². The number of hydrogen-bond acceptors (Lipinski definition) is 4. The molecule has 29 heavy (non-hydrogen) atoms. The number of hydrogen-bond donors (Lipinski definition) is 1. The minimum atomic E-state index is -3.96. The van der Waals surface area contributed by atoms with Gasteiger partial charge in [0.2, 0.25) is 5.91 Å². The normalized spacial score (nSPS) is 11.2. The lowest BCUT2D eigenvalue weighted by Crippen LogP contribution is -2.41. The Morgan fingerprint density at radius 1 is 1.14 bits per heavy atom. The summed E-state index contributed by atoms with van der Waals surface area (Å²) in [6.07, 6.45) is 2.88. The van der Waals surface area contributed by atoms with Crippen molar-refractivity contribution in [2.24, 2.45) is 0 Å². The highest BCUT2D eigenvalue weighted by atomic mass is 35.5. The molecule has 0 aliphatic rings. The van der Waals surface area contributed by atoms with Gasteiger partial charge in [-0.15, -0.1) is 0 Å². The predicted octanol–water partition coefficient (Wildman–Crippen LogP) is 4.16. The highest BCUT2D eigenvalue weighted by Crippen LogP contribution is 2.31. The summed E-state index contributed by atoms with van der Waals surface area (Å²) < 4.78 is 32.8. The Hall–Kier alpha value is -2.25. The molecule has 0 atom stereocenters. The van der Waals surface area contributed by atoms with Crippen molar-refractivity contribution in [2.75, 3.05) is 24.5 Å². The zero-order valence-electron chi connectivity index (χ0n) is 16.9. The molecular weight excluding hydrogens is 412 g/mol. The molecule has 0 unspecified atom stereocenters. The third kappa shape index (κ3) is 6.11. The Bertz CT molecular complexity index is 930. The SMILES string of the molecule is CCCCCNC(=O)CN(c1ccc(OC)c(Cl)c1)S(=O)(=O)c1ccc(C)cc1. The van der Waals surface area contributed by atoms with Crippen LogP contribution in [0.4, 0.5) is 5.69 Å². The minimum absolute atomic E-state index is 0.105. The van der Waals surface area contributed by atoms with E-state index in [0.29, 0.717) is 18.0 Å². The van der Waals surface area contributed by atoms with E-state index >= 15 is 0 Å². The van der Waals surface area contributed by atoms with Gasteiger partial charge >= 0.3 is 0 Å². The van der Waals surface area contributed by atoms with Crippen molar-refractivity contribution in [3.05, 3.63) is 53.1 Å². The number of sulfonamides is 1. The number of rotatable bonds is 10. The molecule has 0 aliphatic heterocycles. The first-order chi connectivity index (χ1) is 13.8. The summed E-state index contributed by atoms with van der Waals surface area (Å²) >= 11 is 6.20. The molecule has 158 valence electrons. The van der Waals surface area contributed by atoms with Crippen LogP contribution in [0.5, 0.6) is 5.75 Å². The topological polar surface area (TPSA) is 75.7 Å². The van der Waals surface area contributed by atoms with E-state index in [1.54, 1.807) is 24.3 Å². The van der Waals surface area contributed by atoms with E-state index in [1.807, 2.05) is 6.92 Å². The molecule has 6 nitrogen and oxygen atoms in total. The van der Waals surface area contributed by atoms with Crippen molar-refractivity contribution >= 4 is 33.2 Å². The van der Waals surface area contributed by atoms with Crippen molar-refractivity contribution in [3.8, 4) is 5.75 Å². The van der Waals surface area contributed by atoms with Crippen molar-refractivity contribution < 1.29 is 17.9 Å². The molecule has 0 spiro atoms. The number of benzene rings is 2. The number of halogens is 1. The van der Waals surface area contributed by atoms with Gasteiger partial charge in [0.05, 0.1) is 22.7 Å². The monoisotopic (exact) mass is 438 g/mol. The van der Waals surface area contributed by atoms with E-state index in [2.05, 4.69) is 12.2 Å². The second-order valence-corrected chi connectivity index (χ2v) is 8.97. The van der Waals surface area contributed by atoms with E-state index in [0.717, 1.165) is 29.1 Å². The van der Waals surface area contributed by atoms with Gasteiger partial charge in [-0.25, -0.2) is 8.42 Å². The molecule has 2 rings (SSSR count). The van der Waals surface area contributed by atoms with Gasteiger partial charge in [0.25, 0.3) is 10.0 Å². The second kappa shape index (κ2) is 10.5. The van der Waals surface area contributed by atoms with Crippen LogP contribution < -0.4 is 14.4 Å². The summed E-state index contributed by atoms with van der Waals surface area (Å²) in [6, 6.07) is 11.1. The third-order valence-electron chi connectivity index (χ3n) is 4.42. The fraction of sp³-hybridized carbons (Fsp3) is 0.381. The highest BCUT2D eigenvalue weighted by molar-refractivity contribution is 7.92. The summed E-state index contributed by atoms with van der Waals surface area (Å²) in [4.78, 5) is 12.6. The van der Waals surface area contributed by atoms with Gasteiger partial charge in [-0.05, 0) is 43.7 Å². The van der Waals surface area contributed by atoms with Crippen molar-refractivity contribution in [1.29, 1.82) is 0 Å². The molecule has 8 heteroatoms. The molecule has 2 aromatic carbocycles. The molecule has 2 aromatic rings. The number of ether oxygens (including phenoxy) is 1. The van der Waals surface area contributed by atoms with Gasteiger partial charge in [-0.2, -0.15) is 0 Å². The van der Waals surface area contributed by atoms with E-state index in [1.165, 1.54) is 25.3 Å². The van der Waals surface area contributed by atoms with E-state index in [-0.39, 0.29) is 22.4 Å². The highest BCUT2D eigenvalue weighted by Gasteiger charge is 2.27. The first-order valence-corrected chi connectivity index (χ1v) is 11.3. The average molecular weight is 439 g/mol. The Balaban J connectivity index is 2.36. The van der Waals surface area contributed by atoms with Crippen molar-refractivity contribution in [1.82, 2.24) is 5.32 Å². The molecule has 1 amide bonds. The summed E-state index contributed by atoms with van der Waals surface area (Å²) in [7, 11) is -2.49. The molecule has 0 heterocycles. The molecule has 0 bridgehead atoms. The maximum atomic E-state index is 13.3. The Labute approximate surface area is 177 Å². The largest absolute Gasteiger partial charge is 0.495 e. The molecule has 0 saturated carbocycles. The lowest BCUT2D eigenvalue weighted by atomic mass is 10.2. The summed E-state index contributed by atoms with van der Waals surface area (Å²) in [6.45, 7) is 4.12. The van der Waals surface area contributed by atoms with E-state index < -0.39 is 10.0 Å². The number of amides is 1. The van der Waals surface area contributed by atoms with Gasteiger partial charge in [0, 0.05) is 6.54 Å². The van der Waals surface area contributed by atoms with Gasteiger partial charge < -0.3 is 10.1 Å². The van der Waals surface area contributed by atoms with Crippen LogP contribution in [0.25, 0.3) is 0 Å². The van der Waals surface area contributed by atoms with E-state index in [4.69, 9.17) is 16.3 Å². The zero-order chi connectivity index (χ0) is 21.4. The Morgan fingerprint density at radius 3 is 2.41 bits per heavy atom. The quantitative estimate of drug-likeness (QED) is 0.565. The Kier molecular flexibility index (Phi) is 8.34. The smallest absolute Gasteiger partial charge is 0.264 e. The maximum Gasteiger partial charge on any atom is 0.264 e. The number of unbranched alkanes of at least 4 members (excludes halogenated alkanes) is 2. The van der Waals surface area contributed by atoms with Crippen LogP contribution >= 0.6 is 11.6 Å². The van der Waals surface area contributed by atoms with E-state index in [9.17, 15) is 13.2 Å². The van der Waals surface area contributed by atoms with Crippen molar-refractivity contribution in [2.45, 2.75) is 38.0 Å². The lowest BCUT2D eigenvalue weighted by molar-refractivity contribution is -0.119. The average Bonchev–Trinajstić information content (AvgIpc) is 2.69. The molecule has 0 fully saturated rings. The van der Waals surface area contributed by atoms with Gasteiger partial charge in [-0.1, -0.05) is 49.1 Å². The molecular formula is C21H27ClN2O4S. The van der Waals surface area contributed by atoms with Crippen LogP contribution in [0.2, 0.25) is 5.02 Å². The van der Waals surface area contributed by atoms with Crippen LogP contribution in [-0.2, 0) is 14.8 Å². The lowest BCUT2D eigenvalue weighted by Gasteiger charge is -2.24. The van der Waals surface area contributed by atoms with Gasteiger partial charge in [0.15, 0.2) is 0 Å². The third-order valence-corrected chi connectivity index (χ3v) is 6.51. The molecule has 0 aliphatic carbocycles. The predicted molar refractivity (Wildman–Crippen MR) is 116 cm³/mol. The number of carbonyl (C=O) groups excluding carboxylic acids is 1. The molecule has 0 saturated heterocycles. The first-order valence-electron chi connectivity index (χ1n) is 9.49. The minimum Gasteiger partial charge on any atom is -0.495 e. The standard InChI is InChI=1S/C21H27ClN2O4S/c1-4-5-6-13-23-21(25)15-24(17-9-12-20(28-3)19(22)14-17)29(26,27)18-10-7-16(2)8-11-18/h7-12,14H,4-6,13,15H2,1-3H3,(H,23,25). The number of anilines is 1. The fourth-order valence-electron chi connectivity index (χ4n) is 2.75. The number of nitrogens with one attached hydrogen (secondary N) is 1. The Morgan fingerprint density at radius 2 is 1.83 bits per heavy atom. The van der Waals surface area contributed by atoms with Gasteiger partial charge in [0.1, 0.15) is 12.3 Å². The second-order valence-electron chi connectivity index (χ2n) is 6.70. The van der Waals surface area contributed by atoms with Crippen molar-refractivity contribution in [3.63, 3.8) is 0 Å². The van der Waals surface area contributed by atoms with Crippen LogP contribution in [0, 0.1) is 6.92 Å². The summed E-state index contributed by atoms with van der Waals surface area (Å²) in [5, 5.41) is 3.05. The number of nitrogens with zero attached hydrogens (tertiary/aromatic N) is 1. The summed E-state index contributed by atoms with van der Waals surface area (Å²) in [5.74, 6) is 0.0517.